The van der Waals surface area contributed by atoms with Gasteiger partial charge in [0.05, 0.1) is 14.1 Å². The molecule has 0 saturated heterocycles. The molecule has 4 nitrogen and oxygen atoms in total. The smallest absolute Gasteiger partial charge is 0.310 e. The zero-order valence-electron chi connectivity index (χ0n) is 9.84. The first-order valence-electron chi connectivity index (χ1n) is 5.01. The molecule has 5 heteroatoms. The van der Waals surface area contributed by atoms with Crippen LogP contribution < -0.4 is 0 Å². The van der Waals surface area contributed by atoms with E-state index in [1.54, 1.807) is 14.1 Å². The van der Waals surface area contributed by atoms with Crippen molar-refractivity contribution in [1.82, 2.24) is 0 Å². The number of benzene rings is 1. The largest absolute Gasteiger partial charge is 0.316 e. The van der Waals surface area contributed by atoms with Crippen molar-refractivity contribution in [2.45, 2.75) is 13.5 Å². The van der Waals surface area contributed by atoms with Gasteiger partial charge in [-0.1, -0.05) is 29.8 Å². The average Bonchev–Trinajstić information content (AvgIpc) is 2.04. The van der Waals surface area contributed by atoms with Gasteiger partial charge < -0.3 is 4.48 Å². The van der Waals surface area contributed by atoms with E-state index in [2.05, 4.69) is 0 Å². The predicted molar refractivity (Wildman–Crippen MR) is 63.4 cm³/mol. The maximum absolute atomic E-state index is 10.8. The number of hydrogen-bond acceptors (Lipinski definition) is 2. The Morgan fingerprint density at radius 1 is 1.19 bits per heavy atom. The topological polar surface area (TPSA) is 54.4 Å². The van der Waals surface area contributed by atoms with Crippen molar-refractivity contribution >= 4 is 10.1 Å². The van der Waals surface area contributed by atoms with Crippen molar-refractivity contribution in [1.29, 1.82) is 0 Å². The number of quaternary nitrogens is 1. The maximum Gasteiger partial charge on any atom is 0.316 e. The first-order valence-corrected chi connectivity index (χ1v) is 6.62. The minimum Gasteiger partial charge on any atom is -0.310 e. The van der Waals surface area contributed by atoms with E-state index in [4.69, 9.17) is 4.55 Å². The van der Waals surface area contributed by atoms with E-state index >= 15 is 0 Å². The lowest BCUT2D eigenvalue weighted by molar-refractivity contribution is -0.892. The molecule has 0 radical (unpaired) electrons. The van der Waals surface area contributed by atoms with Crippen molar-refractivity contribution in [3.05, 3.63) is 35.4 Å². The van der Waals surface area contributed by atoms with Crippen LogP contribution in [0.4, 0.5) is 0 Å². The molecule has 0 heterocycles. The molecule has 90 valence electrons. The lowest BCUT2D eigenvalue weighted by Gasteiger charge is -2.28. The predicted octanol–water partition coefficient (Wildman–Crippen LogP) is 1.42. The highest BCUT2D eigenvalue weighted by Gasteiger charge is 2.23. The number of rotatable bonds is 4. The van der Waals surface area contributed by atoms with Gasteiger partial charge in [-0.05, 0) is 6.92 Å². The van der Waals surface area contributed by atoms with Crippen molar-refractivity contribution in [3.8, 4) is 0 Å². The Labute approximate surface area is 96.9 Å². The third-order valence-electron chi connectivity index (χ3n) is 2.24. The average molecular weight is 244 g/mol. The quantitative estimate of drug-likeness (QED) is 0.643. The monoisotopic (exact) mass is 244 g/mol. The summed E-state index contributed by atoms with van der Waals surface area (Å²) in [6.45, 7) is 2.57. The first kappa shape index (κ1) is 13.2. The number of nitrogens with zero attached hydrogens (tertiary/aromatic N) is 1. The second kappa shape index (κ2) is 4.53. The summed E-state index contributed by atoms with van der Waals surface area (Å²) in [5.41, 5.74) is 2.23. The molecule has 1 rings (SSSR count). The second-order valence-corrected chi connectivity index (χ2v) is 6.21. The molecular weight excluding hydrogens is 226 g/mol. The number of hydrogen-bond donors (Lipinski definition) is 1. The van der Waals surface area contributed by atoms with Gasteiger partial charge in [0.15, 0.2) is 0 Å². The van der Waals surface area contributed by atoms with Crippen molar-refractivity contribution in [3.63, 3.8) is 0 Å². The Morgan fingerprint density at radius 2 is 1.69 bits per heavy atom. The molecule has 0 spiro atoms. The van der Waals surface area contributed by atoms with E-state index < -0.39 is 10.1 Å². The zero-order valence-corrected chi connectivity index (χ0v) is 10.7. The van der Waals surface area contributed by atoms with Crippen LogP contribution in [0.5, 0.6) is 0 Å². The van der Waals surface area contributed by atoms with Crippen LogP contribution >= 0.6 is 0 Å². The molecule has 1 aromatic rings. The van der Waals surface area contributed by atoms with Gasteiger partial charge in [0.2, 0.25) is 5.88 Å². The van der Waals surface area contributed by atoms with Crippen molar-refractivity contribution in [2.24, 2.45) is 0 Å². The van der Waals surface area contributed by atoms with Crippen LogP contribution in [0.3, 0.4) is 0 Å². The van der Waals surface area contributed by atoms with Crippen LogP contribution in [-0.4, -0.2) is 37.4 Å². The van der Waals surface area contributed by atoms with Gasteiger partial charge in [0.25, 0.3) is 0 Å². The third-order valence-corrected chi connectivity index (χ3v) is 3.27. The molecule has 1 aromatic carbocycles. The fourth-order valence-electron chi connectivity index (χ4n) is 1.68. The van der Waals surface area contributed by atoms with Gasteiger partial charge in [0, 0.05) is 5.56 Å². The Morgan fingerprint density at radius 3 is 2.12 bits per heavy atom. The van der Waals surface area contributed by atoms with Gasteiger partial charge in [-0.2, -0.15) is 8.42 Å². The molecule has 0 aliphatic rings. The minimum absolute atomic E-state index is 0.210. The van der Waals surface area contributed by atoms with E-state index in [-0.39, 0.29) is 10.4 Å². The third kappa shape index (κ3) is 4.74. The summed E-state index contributed by atoms with van der Waals surface area (Å²) < 4.78 is 30.7. The lowest BCUT2D eigenvalue weighted by Crippen LogP contribution is -2.42. The van der Waals surface area contributed by atoms with Gasteiger partial charge in [-0.15, -0.1) is 0 Å². The normalized spacial score (nSPS) is 12.8. The van der Waals surface area contributed by atoms with E-state index in [1.807, 2.05) is 31.2 Å². The highest BCUT2D eigenvalue weighted by molar-refractivity contribution is 7.85. The standard InChI is InChI=1S/C11H17NO3S/c1-10-4-6-11(7-5-10)8-12(2,3)9-16(13,14)15/h4-7H,8-9H2,1-3H3/p+1. The van der Waals surface area contributed by atoms with E-state index in [9.17, 15) is 8.42 Å². The van der Waals surface area contributed by atoms with E-state index in [0.29, 0.717) is 6.54 Å². The van der Waals surface area contributed by atoms with Gasteiger partial charge in [0.1, 0.15) is 6.54 Å². The molecule has 0 amide bonds. The molecule has 0 aliphatic carbocycles. The molecule has 0 bridgehead atoms. The molecule has 0 aromatic heterocycles. The molecule has 0 saturated carbocycles. The van der Waals surface area contributed by atoms with Crippen LogP contribution in [0.15, 0.2) is 24.3 Å². The molecule has 0 aliphatic heterocycles. The van der Waals surface area contributed by atoms with Crippen LogP contribution in [0.2, 0.25) is 0 Å². The molecule has 0 unspecified atom stereocenters. The lowest BCUT2D eigenvalue weighted by atomic mass is 10.1. The molecular formula is C11H18NO3S+. The summed E-state index contributed by atoms with van der Waals surface area (Å²) >= 11 is 0. The van der Waals surface area contributed by atoms with Crippen LogP contribution in [-0.2, 0) is 16.7 Å². The first-order chi connectivity index (χ1) is 7.18. The van der Waals surface area contributed by atoms with Gasteiger partial charge in [-0.25, -0.2) is 0 Å². The Hall–Kier alpha value is -0.910. The van der Waals surface area contributed by atoms with Crippen LogP contribution in [0.25, 0.3) is 0 Å². The van der Waals surface area contributed by atoms with Crippen LogP contribution in [0, 0.1) is 6.92 Å². The van der Waals surface area contributed by atoms with Gasteiger partial charge >= 0.3 is 10.1 Å². The Bertz CT molecular complexity index is 449. The summed E-state index contributed by atoms with van der Waals surface area (Å²) in [7, 11) is -0.395. The second-order valence-electron chi connectivity index (χ2n) is 4.79. The molecule has 0 atom stereocenters. The summed E-state index contributed by atoms with van der Waals surface area (Å²) in [5, 5.41) is 0. The summed E-state index contributed by atoms with van der Waals surface area (Å²) in [4.78, 5) is 0. The van der Waals surface area contributed by atoms with Gasteiger partial charge in [-0.3, -0.25) is 4.55 Å². The summed E-state index contributed by atoms with van der Waals surface area (Å²) in [6, 6.07) is 7.92. The van der Waals surface area contributed by atoms with E-state index in [0.717, 1.165) is 5.56 Å². The summed E-state index contributed by atoms with van der Waals surface area (Å²) in [5.74, 6) is -0.277. The van der Waals surface area contributed by atoms with E-state index in [1.165, 1.54) is 5.56 Å². The fourth-order valence-corrected chi connectivity index (χ4v) is 2.65. The molecule has 0 fully saturated rings. The molecule has 1 N–H and O–H groups in total. The summed E-state index contributed by atoms with van der Waals surface area (Å²) in [6.07, 6.45) is 0. The fraction of sp³-hybridized carbons (Fsp3) is 0.455. The van der Waals surface area contributed by atoms with Crippen molar-refractivity contribution in [2.75, 3.05) is 20.0 Å². The highest BCUT2D eigenvalue weighted by atomic mass is 32.2. The van der Waals surface area contributed by atoms with Crippen molar-refractivity contribution < 1.29 is 17.5 Å². The highest BCUT2D eigenvalue weighted by Crippen LogP contribution is 2.11. The minimum atomic E-state index is -3.94. The zero-order chi connectivity index (χ0) is 12.4. The molecule has 16 heavy (non-hydrogen) atoms. The maximum atomic E-state index is 10.8. The SMILES string of the molecule is Cc1ccc(C[N+](C)(C)CS(=O)(=O)O)cc1. The van der Waals surface area contributed by atoms with Crippen LogP contribution in [0.1, 0.15) is 11.1 Å². The Balaban J connectivity index is 2.76. The number of aryl methyl sites for hydroxylation is 1. The Kier molecular flexibility index (Phi) is 3.72.